The van der Waals surface area contributed by atoms with E-state index in [4.69, 9.17) is 11.6 Å². The molecule has 0 aliphatic heterocycles. The monoisotopic (exact) mass is 432 g/mol. The Hall–Kier alpha value is -2.42. The van der Waals surface area contributed by atoms with Crippen LogP contribution in [0.2, 0.25) is 5.02 Å². The smallest absolute Gasteiger partial charge is 0.253 e. The molecule has 0 bridgehead atoms. The van der Waals surface area contributed by atoms with Gasteiger partial charge in [-0.3, -0.25) is 14.9 Å². The summed E-state index contributed by atoms with van der Waals surface area (Å²) >= 11 is 8.85. The average Bonchev–Trinajstić information content (AvgIpc) is 3.14. The summed E-state index contributed by atoms with van der Waals surface area (Å²) in [6.45, 7) is 1.59. The molecule has 28 heavy (non-hydrogen) atoms. The molecule has 2 N–H and O–H groups in total. The van der Waals surface area contributed by atoms with E-state index in [1.165, 1.54) is 16.9 Å². The van der Waals surface area contributed by atoms with Crippen LogP contribution in [-0.2, 0) is 10.5 Å². The van der Waals surface area contributed by atoms with Gasteiger partial charge in [-0.25, -0.2) is 0 Å². The lowest BCUT2D eigenvalue weighted by Gasteiger charge is -2.13. The van der Waals surface area contributed by atoms with Crippen molar-refractivity contribution in [2.45, 2.75) is 23.1 Å². The summed E-state index contributed by atoms with van der Waals surface area (Å²) in [5.41, 5.74) is 1.50. The number of hydrogen-bond donors (Lipinski definition) is 2. The van der Waals surface area contributed by atoms with Gasteiger partial charge in [0.2, 0.25) is 11.0 Å². The van der Waals surface area contributed by atoms with Gasteiger partial charge in [-0.05, 0) is 24.6 Å². The molecular formula is C19H17ClN4O2S2. The molecule has 0 saturated carbocycles. The maximum Gasteiger partial charge on any atom is 0.253 e. The molecule has 0 aliphatic carbocycles. The molecule has 0 radical (unpaired) electrons. The summed E-state index contributed by atoms with van der Waals surface area (Å²) in [5.74, 6) is -0.0194. The van der Waals surface area contributed by atoms with Gasteiger partial charge in [-0.15, -0.1) is 10.2 Å². The van der Waals surface area contributed by atoms with Crippen LogP contribution in [0.5, 0.6) is 0 Å². The van der Waals surface area contributed by atoms with Crippen LogP contribution >= 0.6 is 34.7 Å². The molecule has 144 valence electrons. The first-order valence-electron chi connectivity index (χ1n) is 8.39. The van der Waals surface area contributed by atoms with Gasteiger partial charge in [0, 0.05) is 5.75 Å². The van der Waals surface area contributed by atoms with Gasteiger partial charge in [0.15, 0.2) is 4.34 Å². The summed E-state index contributed by atoms with van der Waals surface area (Å²) in [6, 6.07) is 15.9. The summed E-state index contributed by atoms with van der Waals surface area (Å²) in [7, 11) is 0. The first-order chi connectivity index (χ1) is 13.5. The Kier molecular flexibility index (Phi) is 7.02. The molecule has 0 saturated heterocycles. The van der Waals surface area contributed by atoms with Gasteiger partial charge in [-0.1, -0.05) is 77.2 Å². The zero-order valence-corrected chi connectivity index (χ0v) is 17.3. The number of anilines is 1. The van der Waals surface area contributed by atoms with E-state index in [2.05, 4.69) is 20.8 Å². The largest absolute Gasteiger partial charge is 0.340 e. The molecule has 1 aromatic heterocycles. The normalized spacial score (nSPS) is 11.6. The minimum absolute atomic E-state index is 0.319. The highest BCUT2D eigenvalue weighted by atomic mass is 35.5. The van der Waals surface area contributed by atoms with Gasteiger partial charge in [0.05, 0.1) is 10.6 Å². The quantitative estimate of drug-likeness (QED) is 0.431. The lowest BCUT2D eigenvalue weighted by molar-refractivity contribution is -0.117. The van der Waals surface area contributed by atoms with Crippen LogP contribution < -0.4 is 10.6 Å². The fourth-order valence-corrected chi connectivity index (χ4v) is 4.17. The molecule has 0 unspecified atom stereocenters. The van der Waals surface area contributed by atoms with Gasteiger partial charge >= 0.3 is 0 Å². The summed E-state index contributed by atoms with van der Waals surface area (Å²) < 4.78 is 0.756. The minimum atomic E-state index is -0.756. The number of halogens is 1. The van der Waals surface area contributed by atoms with E-state index in [1.54, 1.807) is 43.0 Å². The Morgan fingerprint density at radius 3 is 2.57 bits per heavy atom. The van der Waals surface area contributed by atoms with Gasteiger partial charge in [0.25, 0.3) is 5.91 Å². The maximum atomic E-state index is 12.3. The molecular weight excluding hydrogens is 416 g/mol. The molecule has 1 atom stereocenters. The molecule has 9 heteroatoms. The zero-order valence-electron chi connectivity index (χ0n) is 14.9. The van der Waals surface area contributed by atoms with E-state index in [0.29, 0.717) is 15.7 Å². The van der Waals surface area contributed by atoms with Crippen LogP contribution in [0.15, 0.2) is 58.9 Å². The highest BCUT2D eigenvalue weighted by Crippen LogP contribution is 2.28. The summed E-state index contributed by atoms with van der Waals surface area (Å²) in [6.07, 6.45) is 0. The lowest BCUT2D eigenvalue weighted by Crippen LogP contribution is -2.41. The number of aromatic nitrogens is 2. The van der Waals surface area contributed by atoms with Gasteiger partial charge in [-0.2, -0.15) is 0 Å². The molecule has 2 aromatic carbocycles. The van der Waals surface area contributed by atoms with Crippen molar-refractivity contribution in [3.05, 3.63) is 70.7 Å². The molecule has 1 heterocycles. The summed E-state index contributed by atoms with van der Waals surface area (Å²) in [4.78, 5) is 24.6. The molecule has 0 spiro atoms. The van der Waals surface area contributed by atoms with E-state index < -0.39 is 11.9 Å². The van der Waals surface area contributed by atoms with Crippen molar-refractivity contribution in [1.82, 2.24) is 15.5 Å². The third-order valence-electron chi connectivity index (χ3n) is 3.70. The second-order valence-corrected chi connectivity index (χ2v) is 8.42. The van der Waals surface area contributed by atoms with E-state index in [9.17, 15) is 9.59 Å². The highest BCUT2D eigenvalue weighted by molar-refractivity contribution is 8.00. The Morgan fingerprint density at radius 2 is 1.82 bits per heavy atom. The van der Waals surface area contributed by atoms with Crippen molar-refractivity contribution in [3.63, 3.8) is 0 Å². The van der Waals surface area contributed by atoms with E-state index in [0.717, 1.165) is 10.1 Å². The van der Waals surface area contributed by atoms with Gasteiger partial charge < -0.3 is 5.32 Å². The molecule has 3 rings (SSSR count). The number of hydrogen-bond acceptors (Lipinski definition) is 6. The van der Waals surface area contributed by atoms with Crippen molar-refractivity contribution < 1.29 is 9.59 Å². The van der Waals surface area contributed by atoms with Crippen LogP contribution in [0.3, 0.4) is 0 Å². The highest BCUT2D eigenvalue weighted by Gasteiger charge is 2.19. The van der Waals surface area contributed by atoms with Crippen LogP contribution in [-0.4, -0.2) is 28.1 Å². The van der Waals surface area contributed by atoms with E-state index in [-0.39, 0.29) is 5.91 Å². The maximum absolute atomic E-state index is 12.3. The van der Waals surface area contributed by atoms with E-state index in [1.807, 2.05) is 30.3 Å². The van der Waals surface area contributed by atoms with Crippen molar-refractivity contribution in [3.8, 4) is 0 Å². The Bertz CT molecular complexity index is 965. The third kappa shape index (κ3) is 5.54. The number of nitrogens with zero attached hydrogens (tertiary/aromatic N) is 2. The number of carbonyl (C=O) groups is 2. The molecule has 0 aliphatic rings. The fourth-order valence-electron chi connectivity index (χ4n) is 2.24. The van der Waals surface area contributed by atoms with Crippen LogP contribution in [0.25, 0.3) is 0 Å². The number of benzene rings is 2. The van der Waals surface area contributed by atoms with Crippen molar-refractivity contribution in [2.75, 3.05) is 5.32 Å². The summed E-state index contributed by atoms with van der Waals surface area (Å²) in [5, 5.41) is 14.1. The zero-order chi connectivity index (χ0) is 19.9. The van der Waals surface area contributed by atoms with E-state index >= 15 is 0 Å². The van der Waals surface area contributed by atoms with Crippen molar-refractivity contribution in [2.24, 2.45) is 0 Å². The van der Waals surface area contributed by atoms with Crippen LogP contribution in [0.1, 0.15) is 22.8 Å². The second-order valence-electron chi connectivity index (χ2n) is 5.81. The van der Waals surface area contributed by atoms with Crippen LogP contribution in [0.4, 0.5) is 5.13 Å². The fraction of sp³-hybridized carbons (Fsp3) is 0.158. The minimum Gasteiger partial charge on any atom is -0.340 e. The number of amides is 2. The molecule has 2 amide bonds. The first-order valence-corrected chi connectivity index (χ1v) is 10.6. The first kappa shape index (κ1) is 20.3. The van der Waals surface area contributed by atoms with Crippen molar-refractivity contribution in [1.29, 1.82) is 0 Å². The number of nitrogens with one attached hydrogen (secondary N) is 2. The average molecular weight is 433 g/mol. The second kappa shape index (κ2) is 9.68. The predicted octanol–water partition coefficient (Wildman–Crippen LogP) is 4.24. The topological polar surface area (TPSA) is 84.0 Å². The lowest BCUT2D eigenvalue weighted by atomic mass is 10.2. The Labute approximate surface area is 175 Å². The third-order valence-corrected chi connectivity index (χ3v) is 6.07. The molecule has 3 aromatic rings. The van der Waals surface area contributed by atoms with Gasteiger partial charge in [0.1, 0.15) is 6.04 Å². The molecule has 0 fully saturated rings. The number of rotatable bonds is 7. The Balaban J connectivity index is 1.52. The standard InChI is InChI=1S/C19H17ClN4O2S2/c1-12(21-17(26)14-9-5-6-10-15(14)20)16(25)22-18-23-24-19(28-18)27-11-13-7-3-2-4-8-13/h2-10,12H,11H2,1H3,(H,21,26)(H,22,23,25)/t12-/m0/s1. The number of carbonyl (C=O) groups excluding carboxylic acids is 2. The number of thioether (sulfide) groups is 1. The Morgan fingerprint density at radius 1 is 1.11 bits per heavy atom. The van der Waals surface area contributed by atoms with Crippen LogP contribution in [0, 0.1) is 0 Å². The van der Waals surface area contributed by atoms with Crippen molar-refractivity contribution >= 4 is 51.6 Å². The molecule has 6 nitrogen and oxygen atoms in total. The SMILES string of the molecule is C[C@H](NC(=O)c1ccccc1Cl)C(=O)Nc1nnc(SCc2ccccc2)s1. The predicted molar refractivity (Wildman–Crippen MR) is 113 cm³/mol.